The number of hydrogen-bond acceptors (Lipinski definition) is 10. The number of rotatable bonds is 12. The van der Waals surface area contributed by atoms with Crippen LogP contribution in [0.15, 0.2) is 0 Å². The zero-order valence-electron chi connectivity index (χ0n) is 16.3. The number of aliphatic hydroxyl groups excluding tert-OH is 6. The highest BCUT2D eigenvalue weighted by Crippen LogP contribution is 2.19. The monoisotopic (exact) mass is 438 g/mol. The molecule has 30 heavy (non-hydrogen) atoms. The largest absolute Gasteiger partial charge is 0.481 e. The molecule has 0 spiro atoms. The molecule has 7 atom stereocenters. The first-order valence-corrected chi connectivity index (χ1v) is 9.54. The molecule has 1 heterocycles. The molecule has 1 rings (SSSR count). The van der Waals surface area contributed by atoms with Gasteiger partial charge in [0.15, 0.2) is 6.29 Å². The molecule has 13 heteroatoms. The van der Waals surface area contributed by atoms with E-state index in [1.165, 1.54) is 0 Å². The number of hydrogen-bond donors (Lipinski definition) is 9. The number of ether oxygens (including phenoxy) is 1. The van der Waals surface area contributed by atoms with Gasteiger partial charge in [-0.25, -0.2) is 0 Å². The average molecular weight is 438 g/mol. The highest BCUT2D eigenvalue weighted by molar-refractivity contribution is 5.88. The molecule has 1 fully saturated rings. The molecule has 0 radical (unpaired) electrons. The van der Waals surface area contributed by atoms with E-state index in [4.69, 9.17) is 14.9 Å². The quantitative estimate of drug-likeness (QED) is 0.142. The summed E-state index contributed by atoms with van der Waals surface area (Å²) in [7, 11) is 0. The second-order valence-corrected chi connectivity index (χ2v) is 7.01. The Morgan fingerprint density at radius 1 is 0.967 bits per heavy atom. The zero-order valence-corrected chi connectivity index (χ0v) is 16.3. The maximum absolute atomic E-state index is 12.5. The summed E-state index contributed by atoms with van der Waals surface area (Å²) in [5.41, 5.74) is 0. The van der Waals surface area contributed by atoms with Gasteiger partial charge in [0.1, 0.15) is 30.5 Å². The molecule has 1 saturated heterocycles. The van der Waals surface area contributed by atoms with Crippen LogP contribution in [-0.4, -0.2) is 110 Å². The Morgan fingerprint density at radius 2 is 1.63 bits per heavy atom. The van der Waals surface area contributed by atoms with Crippen molar-refractivity contribution < 1.29 is 54.9 Å². The summed E-state index contributed by atoms with van der Waals surface area (Å²) in [5.74, 6) is -2.61. The Labute approximate surface area is 172 Å². The normalized spacial score (nSPS) is 28.4. The average Bonchev–Trinajstić information content (AvgIpc) is 2.69. The molecule has 2 amide bonds. The van der Waals surface area contributed by atoms with Gasteiger partial charge in [0.05, 0.1) is 6.10 Å². The maximum Gasteiger partial charge on any atom is 0.303 e. The van der Waals surface area contributed by atoms with Crippen LogP contribution in [0.5, 0.6) is 0 Å². The summed E-state index contributed by atoms with van der Waals surface area (Å²) in [6, 6.07) is -1.44. The molecule has 9 N–H and O–H groups in total. The Balaban J connectivity index is 2.69. The molecule has 174 valence electrons. The Kier molecular flexibility index (Phi) is 11.1. The summed E-state index contributed by atoms with van der Waals surface area (Å²) in [6.45, 7) is -0.670. The van der Waals surface area contributed by atoms with E-state index in [0.29, 0.717) is 0 Å². The van der Waals surface area contributed by atoms with E-state index in [-0.39, 0.29) is 38.7 Å². The SMILES string of the molecule is O=C(O)CCCC(=O)N[C@H](C(=O)NC[C@@H]1O[C@@H](O)[C@@H](O)[C@H](O)[C@@H]1O)C(O)CCCO. The fourth-order valence-electron chi connectivity index (χ4n) is 2.86. The van der Waals surface area contributed by atoms with Gasteiger partial charge in [-0.05, 0) is 19.3 Å². The van der Waals surface area contributed by atoms with Gasteiger partial charge >= 0.3 is 5.97 Å². The van der Waals surface area contributed by atoms with E-state index in [2.05, 4.69) is 10.6 Å². The lowest BCUT2D eigenvalue weighted by atomic mass is 9.98. The minimum Gasteiger partial charge on any atom is -0.481 e. The summed E-state index contributed by atoms with van der Waals surface area (Å²) in [4.78, 5) is 35.0. The van der Waals surface area contributed by atoms with Crippen LogP contribution in [0, 0.1) is 0 Å². The standard InChI is InChI=1S/C17H30N2O11/c20-6-2-3-8(21)12(19-10(22)4-1-5-11(23)24)16(28)18-7-9-13(25)14(26)15(27)17(29)30-9/h8-9,12-15,17,20-21,25-27,29H,1-7H2,(H,18,28)(H,19,22)(H,23,24)/t8?,9-,12-,13+,14+,15-,17+/m0/s1. The van der Waals surface area contributed by atoms with E-state index in [9.17, 15) is 39.9 Å². The van der Waals surface area contributed by atoms with Gasteiger partial charge in [-0.2, -0.15) is 0 Å². The van der Waals surface area contributed by atoms with Crippen LogP contribution < -0.4 is 10.6 Å². The fourth-order valence-corrected chi connectivity index (χ4v) is 2.86. The van der Waals surface area contributed by atoms with Crippen molar-refractivity contribution in [1.82, 2.24) is 10.6 Å². The second-order valence-electron chi connectivity index (χ2n) is 7.01. The first-order valence-electron chi connectivity index (χ1n) is 9.54. The number of aliphatic hydroxyl groups is 6. The lowest BCUT2D eigenvalue weighted by Gasteiger charge is -2.38. The third-order valence-corrected chi connectivity index (χ3v) is 4.60. The molecule has 0 bridgehead atoms. The van der Waals surface area contributed by atoms with Gasteiger partial charge < -0.3 is 51.1 Å². The molecule has 1 unspecified atom stereocenters. The summed E-state index contributed by atoms with van der Waals surface area (Å²) < 4.78 is 4.94. The Hall–Kier alpha value is -1.87. The predicted octanol–water partition coefficient (Wildman–Crippen LogP) is -4.22. The van der Waals surface area contributed by atoms with Gasteiger partial charge in [-0.15, -0.1) is 0 Å². The number of carboxylic acids is 1. The van der Waals surface area contributed by atoms with Crippen molar-refractivity contribution in [2.45, 2.75) is 75.0 Å². The molecule has 0 aromatic carbocycles. The Morgan fingerprint density at radius 3 is 2.23 bits per heavy atom. The number of aliphatic carboxylic acids is 1. The third-order valence-electron chi connectivity index (χ3n) is 4.60. The highest BCUT2D eigenvalue weighted by Gasteiger charge is 2.43. The topological polar surface area (TPSA) is 226 Å². The van der Waals surface area contributed by atoms with Gasteiger partial charge in [-0.3, -0.25) is 14.4 Å². The summed E-state index contributed by atoms with van der Waals surface area (Å²) in [6.07, 6.45) is -9.76. The minimum atomic E-state index is -1.79. The second kappa shape index (κ2) is 12.7. The number of carbonyl (C=O) groups excluding carboxylic acids is 2. The van der Waals surface area contributed by atoms with Crippen LogP contribution in [0.3, 0.4) is 0 Å². The van der Waals surface area contributed by atoms with E-state index < -0.39 is 67.2 Å². The minimum absolute atomic E-state index is 0.0177. The Bertz CT molecular complexity index is 576. The van der Waals surface area contributed by atoms with Crippen molar-refractivity contribution in [2.24, 2.45) is 0 Å². The lowest BCUT2D eigenvalue weighted by molar-refractivity contribution is -0.280. The fraction of sp³-hybridized carbons (Fsp3) is 0.824. The van der Waals surface area contributed by atoms with Gasteiger partial charge in [0.25, 0.3) is 0 Å². The van der Waals surface area contributed by atoms with E-state index in [1.807, 2.05) is 0 Å². The highest BCUT2D eigenvalue weighted by atomic mass is 16.6. The molecular weight excluding hydrogens is 408 g/mol. The molecular formula is C17H30N2O11. The van der Waals surface area contributed by atoms with Crippen LogP contribution in [0.4, 0.5) is 0 Å². The van der Waals surface area contributed by atoms with Crippen LogP contribution in [0.25, 0.3) is 0 Å². The third kappa shape index (κ3) is 8.10. The lowest BCUT2D eigenvalue weighted by Crippen LogP contribution is -2.61. The number of amides is 2. The van der Waals surface area contributed by atoms with E-state index in [1.54, 1.807) is 0 Å². The van der Waals surface area contributed by atoms with E-state index in [0.717, 1.165) is 0 Å². The number of carboxylic acid groups (broad SMARTS) is 1. The summed E-state index contributed by atoms with van der Waals surface area (Å²) in [5, 5.41) is 70.9. The van der Waals surface area contributed by atoms with Crippen LogP contribution in [0.1, 0.15) is 32.1 Å². The van der Waals surface area contributed by atoms with Crippen molar-refractivity contribution >= 4 is 17.8 Å². The van der Waals surface area contributed by atoms with Crippen LogP contribution in [0.2, 0.25) is 0 Å². The number of carbonyl (C=O) groups is 3. The molecule has 1 aliphatic rings. The summed E-state index contributed by atoms with van der Waals surface area (Å²) >= 11 is 0. The van der Waals surface area contributed by atoms with Crippen molar-refractivity contribution in [3.8, 4) is 0 Å². The smallest absolute Gasteiger partial charge is 0.303 e. The zero-order chi connectivity index (χ0) is 22.8. The molecule has 0 aromatic heterocycles. The van der Waals surface area contributed by atoms with Gasteiger partial charge in [0.2, 0.25) is 11.8 Å². The van der Waals surface area contributed by atoms with Gasteiger partial charge in [-0.1, -0.05) is 0 Å². The van der Waals surface area contributed by atoms with E-state index >= 15 is 0 Å². The number of nitrogens with one attached hydrogen (secondary N) is 2. The first-order chi connectivity index (χ1) is 14.1. The predicted molar refractivity (Wildman–Crippen MR) is 97.7 cm³/mol. The molecule has 0 aromatic rings. The van der Waals surface area contributed by atoms with Crippen molar-refractivity contribution in [1.29, 1.82) is 0 Å². The van der Waals surface area contributed by atoms with Crippen LogP contribution in [-0.2, 0) is 19.1 Å². The molecule has 0 saturated carbocycles. The molecule has 0 aliphatic carbocycles. The van der Waals surface area contributed by atoms with Crippen LogP contribution >= 0.6 is 0 Å². The van der Waals surface area contributed by atoms with Crippen molar-refractivity contribution in [2.75, 3.05) is 13.2 Å². The molecule has 13 nitrogen and oxygen atoms in total. The first kappa shape index (κ1) is 26.2. The molecule has 1 aliphatic heterocycles. The van der Waals surface area contributed by atoms with Gasteiger partial charge in [0, 0.05) is 26.0 Å². The maximum atomic E-state index is 12.5. The van der Waals surface area contributed by atoms with Crippen molar-refractivity contribution in [3.63, 3.8) is 0 Å². The van der Waals surface area contributed by atoms with Crippen molar-refractivity contribution in [3.05, 3.63) is 0 Å².